The standard InChI is InChI=1S/C6H14O8P2/c1-2-3-5-12-16(11,13-6-4-7)14-15(8,9)10/h2-3,7H,4-6H2,1H3,(H2,8,9,10). The van der Waals surface area contributed by atoms with Gasteiger partial charge in [0.2, 0.25) is 0 Å². The van der Waals surface area contributed by atoms with Crippen LogP contribution in [0.15, 0.2) is 12.2 Å². The summed E-state index contributed by atoms with van der Waals surface area (Å²) in [5, 5.41) is 8.43. The smallest absolute Gasteiger partial charge is 0.394 e. The Balaban J connectivity index is 4.48. The summed E-state index contributed by atoms with van der Waals surface area (Å²) in [7, 11) is -9.36. The molecule has 0 aromatic carbocycles. The predicted octanol–water partition coefficient (Wildman–Crippen LogP) is 0.805. The van der Waals surface area contributed by atoms with Gasteiger partial charge in [-0.25, -0.2) is 9.13 Å². The van der Waals surface area contributed by atoms with Crippen LogP contribution >= 0.6 is 15.6 Å². The molecule has 0 spiro atoms. The summed E-state index contributed by atoms with van der Waals surface area (Å²) in [6.07, 6.45) is 3.02. The molecule has 10 heteroatoms. The lowest BCUT2D eigenvalue weighted by molar-refractivity contribution is 0.124. The van der Waals surface area contributed by atoms with E-state index in [0.29, 0.717) is 0 Å². The van der Waals surface area contributed by atoms with Crippen molar-refractivity contribution in [3.63, 3.8) is 0 Å². The fourth-order valence-electron chi connectivity index (χ4n) is 0.598. The normalized spacial score (nSPS) is 16.5. The molecule has 0 aliphatic rings. The van der Waals surface area contributed by atoms with Gasteiger partial charge in [0.25, 0.3) is 0 Å². The number of hydrogen-bond acceptors (Lipinski definition) is 6. The van der Waals surface area contributed by atoms with E-state index in [-0.39, 0.29) is 6.61 Å². The molecule has 0 fully saturated rings. The van der Waals surface area contributed by atoms with Gasteiger partial charge in [-0.3, -0.25) is 9.05 Å². The van der Waals surface area contributed by atoms with Gasteiger partial charge in [-0.2, -0.15) is 4.31 Å². The first-order chi connectivity index (χ1) is 7.33. The molecule has 96 valence electrons. The van der Waals surface area contributed by atoms with Crippen LogP contribution in [0.2, 0.25) is 0 Å². The van der Waals surface area contributed by atoms with E-state index in [2.05, 4.69) is 13.4 Å². The highest BCUT2D eigenvalue weighted by molar-refractivity contribution is 7.61. The third kappa shape index (κ3) is 8.15. The van der Waals surface area contributed by atoms with Gasteiger partial charge in [-0.15, -0.1) is 0 Å². The number of aliphatic hydroxyl groups is 1. The van der Waals surface area contributed by atoms with Crippen LogP contribution in [0, 0.1) is 0 Å². The topological polar surface area (TPSA) is 123 Å². The van der Waals surface area contributed by atoms with Gasteiger partial charge >= 0.3 is 15.6 Å². The Bertz CT molecular complexity index is 308. The quantitative estimate of drug-likeness (QED) is 0.439. The molecular weight excluding hydrogens is 262 g/mol. The first kappa shape index (κ1) is 16.0. The van der Waals surface area contributed by atoms with Gasteiger partial charge < -0.3 is 14.9 Å². The fourth-order valence-corrected chi connectivity index (χ4v) is 2.67. The summed E-state index contributed by atoms with van der Waals surface area (Å²) < 4.78 is 35.0. The maximum atomic E-state index is 11.6. The molecule has 0 aliphatic carbocycles. The molecule has 0 aliphatic heterocycles. The highest BCUT2D eigenvalue weighted by Gasteiger charge is 2.35. The minimum atomic E-state index is -4.99. The van der Waals surface area contributed by atoms with Crippen LogP contribution in [0.25, 0.3) is 0 Å². The first-order valence-corrected chi connectivity index (χ1v) is 7.20. The molecule has 0 bridgehead atoms. The molecular formula is C6H14O8P2. The maximum Gasteiger partial charge on any atom is 0.484 e. The number of hydrogen-bond donors (Lipinski definition) is 3. The van der Waals surface area contributed by atoms with Crippen molar-refractivity contribution in [2.24, 2.45) is 0 Å². The summed E-state index contributed by atoms with van der Waals surface area (Å²) in [6, 6.07) is 0. The Kier molecular flexibility index (Phi) is 7.30. The molecule has 0 aromatic heterocycles. The largest absolute Gasteiger partial charge is 0.484 e. The van der Waals surface area contributed by atoms with Crippen molar-refractivity contribution in [3.05, 3.63) is 12.2 Å². The average molecular weight is 276 g/mol. The van der Waals surface area contributed by atoms with Crippen molar-refractivity contribution in [3.8, 4) is 0 Å². The molecule has 0 saturated carbocycles. The zero-order valence-electron chi connectivity index (χ0n) is 8.55. The van der Waals surface area contributed by atoms with Gasteiger partial charge in [0, 0.05) is 0 Å². The van der Waals surface area contributed by atoms with E-state index in [1.54, 1.807) is 13.0 Å². The fraction of sp³-hybridized carbons (Fsp3) is 0.667. The Labute approximate surface area is 92.7 Å². The number of rotatable bonds is 8. The maximum absolute atomic E-state index is 11.6. The van der Waals surface area contributed by atoms with Crippen LogP contribution in [0.5, 0.6) is 0 Å². The van der Waals surface area contributed by atoms with Crippen LogP contribution in [-0.2, 0) is 22.5 Å². The molecule has 0 aromatic rings. The zero-order chi connectivity index (χ0) is 12.7. The molecule has 8 nitrogen and oxygen atoms in total. The molecule has 0 heterocycles. The second-order valence-corrected chi connectivity index (χ2v) is 5.49. The SMILES string of the molecule is CC=CCOP(=O)(OCCO)OP(=O)(O)O. The summed E-state index contributed by atoms with van der Waals surface area (Å²) in [5.41, 5.74) is 0. The van der Waals surface area contributed by atoms with Crippen molar-refractivity contribution in [2.45, 2.75) is 6.92 Å². The molecule has 0 saturated heterocycles. The second-order valence-electron chi connectivity index (χ2n) is 2.44. The van der Waals surface area contributed by atoms with Gasteiger partial charge in [0.05, 0.1) is 19.8 Å². The van der Waals surface area contributed by atoms with E-state index in [1.165, 1.54) is 6.08 Å². The van der Waals surface area contributed by atoms with Gasteiger partial charge in [-0.05, 0) is 6.92 Å². The molecule has 0 rings (SSSR count). The number of aliphatic hydroxyl groups excluding tert-OH is 1. The lowest BCUT2D eigenvalue weighted by atomic mass is 10.6. The van der Waals surface area contributed by atoms with Gasteiger partial charge in [-0.1, -0.05) is 12.2 Å². The Hall–Kier alpha value is -0.0400. The highest BCUT2D eigenvalue weighted by atomic mass is 31.3. The minimum Gasteiger partial charge on any atom is -0.394 e. The minimum absolute atomic E-state index is 0.195. The van der Waals surface area contributed by atoms with Crippen LogP contribution in [-0.4, -0.2) is 34.7 Å². The van der Waals surface area contributed by atoms with E-state index in [1.807, 2.05) is 0 Å². The summed E-state index contributed by atoms with van der Waals surface area (Å²) in [6.45, 7) is 0.570. The van der Waals surface area contributed by atoms with Crippen molar-refractivity contribution in [1.29, 1.82) is 0 Å². The van der Waals surface area contributed by atoms with E-state index in [9.17, 15) is 9.13 Å². The average Bonchev–Trinajstić information content (AvgIpc) is 2.12. The molecule has 3 N–H and O–H groups in total. The van der Waals surface area contributed by atoms with Gasteiger partial charge in [0.1, 0.15) is 0 Å². The molecule has 16 heavy (non-hydrogen) atoms. The Morgan fingerprint density at radius 2 is 1.88 bits per heavy atom. The van der Waals surface area contributed by atoms with Crippen molar-refractivity contribution in [2.75, 3.05) is 19.8 Å². The molecule has 1 atom stereocenters. The lowest BCUT2D eigenvalue weighted by Gasteiger charge is -2.16. The second kappa shape index (κ2) is 7.32. The summed E-state index contributed by atoms with van der Waals surface area (Å²) in [4.78, 5) is 17.0. The summed E-state index contributed by atoms with van der Waals surface area (Å²) >= 11 is 0. The monoisotopic (exact) mass is 276 g/mol. The van der Waals surface area contributed by atoms with E-state index in [4.69, 9.17) is 14.9 Å². The number of phosphoric acid groups is 2. The number of allylic oxidation sites excluding steroid dienone is 1. The highest BCUT2D eigenvalue weighted by Crippen LogP contribution is 2.60. The summed E-state index contributed by atoms with van der Waals surface area (Å²) in [5.74, 6) is 0. The molecule has 1 unspecified atom stereocenters. The van der Waals surface area contributed by atoms with E-state index < -0.39 is 28.9 Å². The van der Waals surface area contributed by atoms with E-state index >= 15 is 0 Å². The lowest BCUT2D eigenvalue weighted by Crippen LogP contribution is -2.03. The van der Waals surface area contributed by atoms with Crippen LogP contribution in [0.4, 0.5) is 0 Å². The zero-order valence-corrected chi connectivity index (χ0v) is 10.3. The Morgan fingerprint density at radius 3 is 2.31 bits per heavy atom. The van der Waals surface area contributed by atoms with Crippen LogP contribution in [0.3, 0.4) is 0 Å². The van der Waals surface area contributed by atoms with Crippen LogP contribution < -0.4 is 0 Å². The molecule has 0 radical (unpaired) electrons. The van der Waals surface area contributed by atoms with Crippen LogP contribution in [0.1, 0.15) is 6.92 Å². The predicted molar refractivity (Wildman–Crippen MR) is 54.5 cm³/mol. The Morgan fingerprint density at radius 1 is 1.25 bits per heavy atom. The van der Waals surface area contributed by atoms with Crippen molar-refractivity contribution >= 4 is 15.6 Å². The van der Waals surface area contributed by atoms with Gasteiger partial charge in [0.15, 0.2) is 0 Å². The van der Waals surface area contributed by atoms with Crippen molar-refractivity contribution in [1.82, 2.24) is 0 Å². The third-order valence-corrected chi connectivity index (χ3v) is 3.73. The number of phosphoric ester groups is 1. The first-order valence-electron chi connectivity index (χ1n) is 4.21. The van der Waals surface area contributed by atoms with Crippen molar-refractivity contribution < 1.29 is 37.4 Å². The third-order valence-electron chi connectivity index (χ3n) is 1.11. The molecule has 0 amide bonds. The van der Waals surface area contributed by atoms with E-state index in [0.717, 1.165) is 0 Å².